The van der Waals surface area contributed by atoms with Crippen LogP contribution in [0, 0.1) is 16.7 Å². The van der Waals surface area contributed by atoms with Gasteiger partial charge in [-0.15, -0.1) is 0 Å². The molecule has 3 unspecified atom stereocenters. The fourth-order valence-electron chi connectivity index (χ4n) is 5.50. The van der Waals surface area contributed by atoms with E-state index in [4.69, 9.17) is 0 Å². The van der Waals surface area contributed by atoms with E-state index in [9.17, 15) is 9.59 Å². The second-order valence-corrected chi connectivity index (χ2v) is 12.6. The Hall–Kier alpha value is -1.12. The van der Waals surface area contributed by atoms with E-state index in [1.807, 2.05) is 30.3 Å². The summed E-state index contributed by atoms with van der Waals surface area (Å²) in [6.07, 6.45) is 6.46. The summed E-state index contributed by atoms with van der Waals surface area (Å²) >= 11 is 0.219. The number of rotatable bonds is 9. The predicted octanol–water partition coefficient (Wildman–Crippen LogP) is 5.69. The quantitative estimate of drug-likeness (QED) is 0.479. The van der Waals surface area contributed by atoms with Gasteiger partial charge in [0.25, 0.3) is 0 Å². The van der Waals surface area contributed by atoms with E-state index >= 15 is 0 Å². The number of ketones is 1. The van der Waals surface area contributed by atoms with Crippen molar-refractivity contribution in [2.45, 2.75) is 88.8 Å². The molecule has 0 radical (unpaired) electrons. The zero-order chi connectivity index (χ0) is 21.2. The molecule has 1 aromatic carbocycles. The topological polar surface area (TPSA) is 46.2 Å². The minimum atomic E-state index is -0.144. The van der Waals surface area contributed by atoms with Gasteiger partial charge >= 0.3 is 183 Å². The van der Waals surface area contributed by atoms with Gasteiger partial charge in [-0.2, -0.15) is 0 Å². The SMILES string of the molecule is CCC[C@H]([Se]C1C(=O)C2(C)CCC1C2(C)C)[C@@H](CCC)NC(=O)c1ccccc1. The van der Waals surface area contributed by atoms with Gasteiger partial charge in [0.1, 0.15) is 0 Å². The third-order valence-electron chi connectivity index (χ3n) is 7.77. The number of benzene rings is 1. The van der Waals surface area contributed by atoms with Crippen LogP contribution in [0.5, 0.6) is 0 Å². The van der Waals surface area contributed by atoms with E-state index in [-0.39, 0.29) is 42.6 Å². The molecule has 0 saturated heterocycles. The Bertz CT molecular complexity index is 732. The standard InChI is InChI=1S/C25H37NO2Se/c1-6-11-19(26-23(28)17-13-9-8-10-14-17)20(12-7-2)29-21-18-15-16-25(5,22(21)27)24(18,3)4/h8-10,13-14,18-21H,6-7,11-12,15-16H2,1-5H3,(H,26,28)/t18?,19-,20+,21?,25?/m1/s1. The number of fused-ring (bicyclic) bond motifs is 2. The van der Waals surface area contributed by atoms with Gasteiger partial charge in [0.05, 0.1) is 0 Å². The van der Waals surface area contributed by atoms with Crippen molar-refractivity contribution in [1.82, 2.24) is 5.32 Å². The molecule has 2 aliphatic carbocycles. The molecule has 2 bridgehead atoms. The molecule has 4 heteroatoms. The monoisotopic (exact) mass is 463 g/mol. The first-order valence-electron chi connectivity index (χ1n) is 11.3. The number of hydrogen-bond acceptors (Lipinski definition) is 2. The first kappa shape index (κ1) is 22.6. The second-order valence-electron chi connectivity index (χ2n) is 9.68. The molecule has 0 aromatic heterocycles. The molecule has 3 nitrogen and oxygen atoms in total. The summed E-state index contributed by atoms with van der Waals surface area (Å²) in [5.41, 5.74) is 0.691. The number of Topliss-reactive ketones (excluding diaryl/α,β-unsaturated/α-hetero) is 1. The summed E-state index contributed by atoms with van der Waals surface area (Å²) in [6.45, 7) is 11.2. The molecule has 0 spiro atoms. The molecule has 0 aliphatic heterocycles. The molecule has 29 heavy (non-hydrogen) atoms. The van der Waals surface area contributed by atoms with Crippen molar-refractivity contribution >= 4 is 26.6 Å². The maximum absolute atomic E-state index is 13.4. The first-order valence-corrected chi connectivity index (χ1v) is 13.3. The van der Waals surface area contributed by atoms with Gasteiger partial charge in [0, 0.05) is 0 Å². The molecule has 3 rings (SSSR count). The Morgan fingerprint density at radius 2 is 1.79 bits per heavy atom. The van der Waals surface area contributed by atoms with Crippen LogP contribution < -0.4 is 5.32 Å². The Kier molecular flexibility index (Phi) is 6.95. The maximum atomic E-state index is 13.4. The predicted molar refractivity (Wildman–Crippen MR) is 120 cm³/mol. The number of carbonyl (C=O) groups is 2. The van der Waals surface area contributed by atoms with Crippen molar-refractivity contribution in [3.05, 3.63) is 35.9 Å². The summed E-state index contributed by atoms with van der Waals surface area (Å²) in [5.74, 6) is 1.06. The summed E-state index contributed by atoms with van der Waals surface area (Å²) in [4.78, 5) is 26.9. The van der Waals surface area contributed by atoms with E-state index in [1.54, 1.807) is 0 Å². The zero-order valence-corrected chi connectivity index (χ0v) is 20.4. The van der Waals surface area contributed by atoms with Crippen molar-refractivity contribution in [3.8, 4) is 0 Å². The van der Waals surface area contributed by atoms with Crippen LogP contribution in [0.15, 0.2) is 30.3 Å². The molecule has 1 aromatic rings. The van der Waals surface area contributed by atoms with Gasteiger partial charge in [-0.3, -0.25) is 0 Å². The van der Waals surface area contributed by atoms with Crippen molar-refractivity contribution in [2.24, 2.45) is 16.7 Å². The minimum absolute atomic E-state index is 0.0208. The fourth-order valence-corrected chi connectivity index (χ4v) is 10.1. The second kappa shape index (κ2) is 8.94. The van der Waals surface area contributed by atoms with E-state index in [0.29, 0.717) is 16.5 Å². The molecule has 160 valence electrons. The zero-order valence-electron chi connectivity index (χ0n) is 18.7. The van der Waals surface area contributed by atoms with E-state index in [1.165, 1.54) is 6.42 Å². The molecule has 2 saturated carbocycles. The van der Waals surface area contributed by atoms with Crippen molar-refractivity contribution in [1.29, 1.82) is 0 Å². The van der Waals surface area contributed by atoms with Gasteiger partial charge < -0.3 is 0 Å². The summed E-state index contributed by atoms with van der Waals surface area (Å²) < 4.78 is 0. The summed E-state index contributed by atoms with van der Waals surface area (Å²) in [5, 5.41) is 3.35. The van der Waals surface area contributed by atoms with E-state index in [2.05, 4.69) is 39.9 Å². The Morgan fingerprint density at radius 3 is 2.34 bits per heavy atom. The van der Waals surface area contributed by atoms with Gasteiger partial charge in [0.15, 0.2) is 0 Å². The Labute approximate surface area is 183 Å². The Balaban J connectivity index is 1.78. The van der Waals surface area contributed by atoms with Crippen LogP contribution in [0.4, 0.5) is 0 Å². The molecule has 2 aliphatic rings. The average molecular weight is 463 g/mol. The molecule has 5 atom stereocenters. The van der Waals surface area contributed by atoms with Crippen LogP contribution in [0.25, 0.3) is 0 Å². The molecule has 0 heterocycles. The van der Waals surface area contributed by atoms with Gasteiger partial charge in [0.2, 0.25) is 0 Å². The molecular formula is C25H37NO2Se. The van der Waals surface area contributed by atoms with Crippen LogP contribution in [-0.2, 0) is 4.79 Å². The third-order valence-corrected chi connectivity index (χ3v) is 11.4. The average Bonchev–Trinajstić information content (AvgIpc) is 3.01. The van der Waals surface area contributed by atoms with Gasteiger partial charge in [-0.1, -0.05) is 0 Å². The number of nitrogens with one attached hydrogen (secondary N) is 1. The van der Waals surface area contributed by atoms with Crippen molar-refractivity contribution in [3.63, 3.8) is 0 Å². The molecule has 2 fully saturated rings. The van der Waals surface area contributed by atoms with Crippen LogP contribution in [0.1, 0.15) is 83.5 Å². The van der Waals surface area contributed by atoms with Crippen LogP contribution in [0.3, 0.4) is 0 Å². The normalized spacial score (nSPS) is 29.6. The summed E-state index contributed by atoms with van der Waals surface area (Å²) in [7, 11) is 0. The molecular weight excluding hydrogens is 425 g/mol. The van der Waals surface area contributed by atoms with Crippen LogP contribution in [-0.4, -0.2) is 32.7 Å². The van der Waals surface area contributed by atoms with Crippen molar-refractivity contribution < 1.29 is 9.59 Å². The van der Waals surface area contributed by atoms with Crippen LogP contribution >= 0.6 is 0 Å². The number of hydrogen-bond donors (Lipinski definition) is 1. The van der Waals surface area contributed by atoms with Crippen LogP contribution in [0.2, 0.25) is 9.63 Å². The van der Waals surface area contributed by atoms with Gasteiger partial charge in [-0.25, -0.2) is 0 Å². The first-order chi connectivity index (χ1) is 13.8. The number of amides is 1. The van der Waals surface area contributed by atoms with E-state index in [0.717, 1.165) is 37.7 Å². The fraction of sp³-hybridized carbons (Fsp3) is 0.680. The van der Waals surface area contributed by atoms with E-state index < -0.39 is 0 Å². The third kappa shape index (κ3) is 4.08. The van der Waals surface area contributed by atoms with Gasteiger partial charge in [-0.05, 0) is 0 Å². The molecule has 1 N–H and O–H groups in total. The number of carbonyl (C=O) groups excluding carboxylic acids is 2. The summed E-state index contributed by atoms with van der Waals surface area (Å²) in [6, 6.07) is 9.67. The Morgan fingerprint density at radius 1 is 1.14 bits per heavy atom. The molecule has 1 amide bonds. The van der Waals surface area contributed by atoms with Crippen molar-refractivity contribution in [2.75, 3.05) is 0 Å².